The van der Waals surface area contributed by atoms with E-state index in [1.807, 2.05) is 0 Å². The fourth-order valence-electron chi connectivity index (χ4n) is 6.76. The van der Waals surface area contributed by atoms with Crippen LogP contribution >= 0.6 is 47.8 Å². The maximum Gasteiger partial charge on any atom is 0.243 e. The molecule has 0 atom stereocenters. The Morgan fingerprint density at radius 2 is 0.645 bits per heavy atom. The quantitative estimate of drug-likeness (QED) is 0.263. The van der Waals surface area contributed by atoms with Gasteiger partial charge in [0.05, 0.1) is 0 Å². The van der Waals surface area contributed by atoms with Gasteiger partial charge < -0.3 is 0 Å². The fraction of sp³-hybridized carbons (Fsp3) is 0.333. The minimum absolute atomic E-state index is 0.0608. The lowest BCUT2D eigenvalue weighted by atomic mass is 9.23. The van der Waals surface area contributed by atoms with Gasteiger partial charge in [-0.3, -0.25) is 0 Å². The number of rotatable bonds is 0. The van der Waals surface area contributed by atoms with Gasteiger partial charge in [0.2, 0.25) is 6.71 Å². The molecule has 3 heterocycles. The molecule has 6 rings (SSSR count). The third-order valence-corrected chi connectivity index (χ3v) is 9.71. The summed E-state index contributed by atoms with van der Waals surface area (Å²) in [6.07, 6.45) is 0. The second kappa shape index (κ2) is 5.99. The summed E-state index contributed by atoms with van der Waals surface area (Å²) in [6.45, 7) is 14.7. The summed E-state index contributed by atoms with van der Waals surface area (Å²) in [5, 5.41) is 0. The van der Waals surface area contributed by atoms with Gasteiger partial charge in [0.15, 0.2) is 0 Å². The van der Waals surface area contributed by atoms with Crippen LogP contribution in [0.15, 0.2) is 49.8 Å². The van der Waals surface area contributed by atoms with Gasteiger partial charge in [0.25, 0.3) is 0 Å². The van der Waals surface area contributed by atoms with E-state index in [1.165, 1.54) is 46.8 Å². The molecule has 0 unspecified atom stereocenters. The normalized spacial score (nSPS) is 19.8. The highest BCUT2D eigenvalue weighted by atomic mass is 79.9. The lowest BCUT2D eigenvalue weighted by Gasteiger charge is -2.52. The molecule has 3 aliphatic rings. The van der Waals surface area contributed by atoms with Crippen LogP contribution in [0.25, 0.3) is 0 Å². The van der Waals surface area contributed by atoms with Crippen LogP contribution in [0.4, 0.5) is 0 Å². The molecule has 0 saturated carbocycles. The second-order valence-corrected chi connectivity index (χ2v) is 13.8. The average Bonchev–Trinajstić information content (AvgIpc) is 2.66. The standard InChI is InChI=1S/C27H24BBr3/c1-25(2)16-7-13(29)9-18-22(16)28-23-17(25)8-14(30)10-19(23)27(5,6)21-12-15(31)11-20(24(21)28)26(18,3)4/h7-12H,1-6H3. The Labute approximate surface area is 210 Å². The molecule has 4 heteroatoms. The Bertz CT molecular complexity index is 1100. The Kier molecular flexibility index (Phi) is 4.01. The van der Waals surface area contributed by atoms with Crippen LogP contribution in [0.2, 0.25) is 0 Å². The Morgan fingerprint density at radius 1 is 0.452 bits per heavy atom. The molecule has 3 aromatic rings. The molecule has 0 radical (unpaired) electrons. The first-order chi connectivity index (χ1) is 14.4. The van der Waals surface area contributed by atoms with E-state index in [9.17, 15) is 0 Å². The van der Waals surface area contributed by atoms with Crippen molar-refractivity contribution in [3.05, 3.63) is 83.2 Å². The monoisotopic (exact) mass is 596 g/mol. The van der Waals surface area contributed by atoms with Crippen LogP contribution < -0.4 is 16.4 Å². The van der Waals surface area contributed by atoms with Gasteiger partial charge in [0, 0.05) is 29.7 Å². The van der Waals surface area contributed by atoms with E-state index < -0.39 is 0 Å². The molecule has 31 heavy (non-hydrogen) atoms. The van der Waals surface area contributed by atoms with E-state index >= 15 is 0 Å². The van der Waals surface area contributed by atoms with Crippen molar-refractivity contribution in [2.45, 2.75) is 57.8 Å². The van der Waals surface area contributed by atoms with Crippen molar-refractivity contribution in [3.8, 4) is 0 Å². The van der Waals surface area contributed by atoms with Gasteiger partial charge in [-0.2, -0.15) is 0 Å². The zero-order valence-electron chi connectivity index (χ0n) is 18.7. The van der Waals surface area contributed by atoms with Gasteiger partial charge >= 0.3 is 0 Å². The Morgan fingerprint density at radius 3 is 0.839 bits per heavy atom. The molecule has 0 amide bonds. The van der Waals surface area contributed by atoms with E-state index in [2.05, 4.69) is 126 Å². The van der Waals surface area contributed by atoms with Crippen molar-refractivity contribution in [2.75, 3.05) is 0 Å². The van der Waals surface area contributed by atoms with Gasteiger partial charge in [-0.05, 0) is 69.8 Å². The van der Waals surface area contributed by atoms with Crippen LogP contribution in [-0.2, 0) is 16.2 Å². The van der Waals surface area contributed by atoms with Crippen molar-refractivity contribution in [1.82, 2.24) is 0 Å². The molecule has 0 spiro atoms. The van der Waals surface area contributed by atoms with Crippen LogP contribution in [-0.4, -0.2) is 6.71 Å². The molecule has 0 bridgehead atoms. The zero-order chi connectivity index (χ0) is 22.2. The Balaban J connectivity index is 1.91. The number of hydrogen-bond acceptors (Lipinski definition) is 0. The first-order valence-electron chi connectivity index (χ1n) is 10.9. The smallest absolute Gasteiger partial charge is 0.0605 e. The summed E-state index contributed by atoms with van der Waals surface area (Å²) in [6, 6.07) is 14.3. The summed E-state index contributed by atoms with van der Waals surface area (Å²) in [5.41, 5.74) is 13.2. The summed E-state index contributed by atoms with van der Waals surface area (Å²) in [5.74, 6) is 0. The molecule has 0 saturated heterocycles. The molecule has 3 aromatic carbocycles. The first kappa shape index (κ1) is 20.7. The van der Waals surface area contributed by atoms with Crippen molar-refractivity contribution in [1.29, 1.82) is 0 Å². The first-order valence-corrected chi connectivity index (χ1v) is 13.3. The predicted octanol–water partition coefficient (Wildman–Crippen LogP) is 6.41. The molecule has 0 nitrogen and oxygen atoms in total. The van der Waals surface area contributed by atoms with Gasteiger partial charge in [-0.25, -0.2) is 0 Å². The van der Waals surface area contributed by atoms with Crippen molar-refractivity contribution < 1.29 is 0 Å². The van der Waals surface area contributed by atoms with E-state index in [0.29, 0.717) is 6.71 Å². The molecule has 3 aliphatic heterocycles. The third kappa shape index (κ3) is 2.38. The average molecular weight is 599 g/mol. The maximum atomic E-state index is 3.86. The van der Waals surface area contributed by atoms with Crippen molar-refractivity contribution >= 4 is 70.9 Å². The van der Waals surface area contributed by atoms with E-state index in [-0.39, 0.29) is 16.2 Å². The number of hydrogen-bond donors (Lipinski definition) is 0. The second-order valence-electron chi connectivity index (χ2n) is 11.1. The van der Waals surface area contributed by atoms with E-state index in [4.69, 9.17) is 0 Å². The minimum atomic E-state index is -0.0608. The van der Waals surface area contributed by atoms with Crippen LogP contribution in [0.1, 0.15) is 74.9 Å². The summed E-state index contributed by atoms with van der Waals surface area (Å²) < 4.78 is 3.53. The van der Waals surface area contributed by atoms with Gasteiger partial charge in [0.1, 0.15) is 0 Å². The highest BCUT2D eigenvalue weighted by Gasteiger charge is 2.54. The minimum Gasteiger partial charge on any atom is -0.0605 e. The molecule has 0 N–H and O–H groups in total. The van der Waals surface area contributed by atoms with Crippen molar-refractivity contribution in [3.63, 3.8) is 0 Å². The molecular formula is C27H24BBr3. The molecule has 0 aromatic heterocycles. The largest absolute Gasteiger partial charge is 0.243 e. The Hall–Kier alpha value is -0.835. The fourth-order valence-corrected chi connectivity index (χ4v) is 8.13. The predicted molar refractivity (Wildman–Crippen MR) is 143 cm³/mol. The highest BCUT2D eigenvalue weighted by Crippen LogP contribution is 2.48. The van der Waals surface area contributed by atoms with Crippen molar-refractivity contribution in [2.24, 2.45) is 0 Å². The lowest BCUT2D eigenvalue weighted by molar-refractivity contribution is 0.597. The maximum absolute atomic E-state index is 3.86. The zero-order valence-corrected chi connectivity index (χ0v) is 23.4. The number of halogens is 3. The van der Waals surface area contributed by atoms with Crippen LogP contribution in [0.3, 0.4) is 0 Å². The third-order valence-electron chi connectivity index (χ3n) is 8.34. The lowest BCUT2D eigenvalue weighted by Crippen LogP contribution is -2.71. The highest BCUT2D eigenvalue weighted by molar-refractivity contribution is 9.11. The van der Waals surface area contributed by atoms with E-state index in [0.717, 1.165) is 0 Å². The molecule has 0 fully saturated rings. The van der Waals surface area contributed by atoms with E-state index in [1.54, 1.807) is 16.4 Å². The van der Waals surface area contributed by atoms with Gasteiger partial charge in [-0.15, -0.1) is 0 Å². The molecule has 156 valence electrons. The van der Waals surface area contributed by atoms with Gasteiger partial charge in [-0.1, -0.05) is 106 Å². The topological polar surface area (TPSA) is 0 Å². The van der Waals surface area contributed by atoms with Crippen LogP contribution in [0.5, 0.6) is 0 Å². The molecule has 0 aliphatic carbocycles. The summed E-state index contributed by atoms with van der Waals surface area (Å²) in [7, 11) is 0. The number of benzene rings is 3. The SMILES string of the molecule is CC1(C)c2cc(Br)cc3c2B2c4c1cc(Br)cc4C(C)(C)c1cc(Br)cc(c12)C3(C)C. The molecular weight excluding hydrogens is 575 g/mol. The van der Waals surface area contributed by atoms with Crippen LogP contribution in [0, 0.1) is 0 Å². The summed E-state index contributed by atoms with van der Waals surface area (Å²) in [4.78, 5) is 0. The summed E-state index contributed by atoms with van der Waals surface area (Å²) >= 11 is 11.6.